The first kappa shape index (κ1) is 29.3. The van der Waals surface area contributed by atoms with Gasteiger partial charge in [-0.1, -0.05) is 103 Å². The first-order valence-corrected chi connectivity index (χ1v) is 14.5. The summed E-state index contributed by atoms with van der Waals surface area (Å²) in [6.07, 6.45) is 1.60. The molecule has 1 aliphatic carbocycles. The highest BCUT2D eigenvalue weighted by Gasteiger charge is 2.45. The Bertz CT molecular complexity index is 1820. The number of hydrogen-bond donors (Lipinski definition) is 3. The van der Waals surface area contributed by atoms with Crippen molar-refractivity contribution in [3.8, 4) is 22.6 Å². The number of carbonyl (C=O) groups is 2. The Morgan fingerprint density at radius 1 is 0.711 bits per heavy atom. The number of nitrogens with two attached hydrogens (primary N) is 1. The molecule has 0 aliphatic heterocycles. The zero-order valence-electron chi connectivity index (χ0n) is 24.7. The quantitative estimate of drug-likeness (QED) is 0.0865. The molecule has 5 aromatic carbocycles. The number of nitrogens with one attached hydrogen (secondary N) is 2. The van der Waals surface area contributed by atoms with Gasteiger partial charge in [0.2, 0.25) is 0 Å². The van der Waals surface area contributed by atoms with E-state index in [0.717, 1.165) is 44.5 Å². The highest BCUT2D eigenvalue weighted by atomic mass is 16.5. The number of aryl methyl sites for hydroxylation is 1. The number of hydrazone groups is 1. The molecular formula is C37H32N4O4. The Hall–Kier alpha value is -5.73. The van der Waals surface area contributed by atoms with Crippen LogP contribution in [0.15, 0.2) is 126 Å². The Morgan fingerprint density at radius 2 is 1.24 bits per heavy atom. The van der Waals surface area contributed by atoms with Crippen molar-refractivity contribution in [1.29, 1.82) is 0 Å². The van der Waals surface area contributed by atoms with Crippen LogP contribution >= 0.6 is 0 Å². The number of hydrazine groups is 1. The van der Waals surface area contributed by atoms with E-state index in [2.05, 4.69) is 64.5 Å². The summed E-state index contributed by atoms with van der Waals surface area (Å²) in [5.74, 6) is 5.54. The second kappa shape index (κ2) is 12.9. The lowest BCUT2D eigenvalue weighted by atomic mass is 9.68. The van der Waals surface area contributed by atoms with Crippen LogP contribution in [0.1, 0.15) is 33.4 Å². The predicted molar refractivity (Wildman–Crippen MR) is 174 cm³/mol. The molecule has 0 unspecified atom stereocenters. The lowest BCUT2D eigenvalue weighted by Crippen LogP contribution is -2.34. The molecule has 4 N–H and O–H groups in total. The summed E-state index contributed by atoms with van der Waals surface area (Å²) in [7, 11) is 0. The van der Waals surface area contributed by atoms with E-state index in [1.807, 2.05) is 79.7 Å². The monoisotopic (exact) mass is 596 g/mol. The number of ether oxygens (including phenoxy) is 2. The third kappa shape index (κ3) is 5.91. The molecule has 0 aromatic heterocycles. The molecule has 6 rings (SSSR count). The van der Waals surface area contributed by atoms with E-state index in [9.17, 15) is 9.59 Å². The summed E-state index contributed by atoms with van der Waals surface area (Å²) < 4.78 is 11.4. The fourth-order valence-electron chi connectivity index (χ4n) is 5.93. The SMILES string of the molecule is Cc1cccc(C=NNC(=O)COc2ccc(C3(c4ccc(OCC(=O)NN)cc4)c4ccccc4-c4ccccc43)cc2)c1. The van der Waals surface area contributed by atoms with Gasteiger partial charge in [-0.05, 0) is 70.1 Å². The maximum absolute atomic E-state index is 12.4. The van der Waals surface area contributed by atoms with Crippen LogP contribution in [-0.4, -0.2) is 31.2 Å². The van der Waals surface area contributed by atoms with Crippen molar-refractivity contribution >= 4 is 18.0 Å². The zero-order valence-corrected chi connectivity index (χ0v) is 24.7. The van der Waals surface area contributed by atoms with Crippen LogP contribution in [0.2, 0.25) is 0 Å². The second-order valence-electron chi connectivity index (χ2n) is 10.7. The van der Waals surface area contributed by atoms with Crippen molar-refractivity contribution in [3.63, 3.8) is 0 Å². The van der Waals surface area contributed by atoms with E-state index in [0.29, 0.717) is 11.5 Å². The summed E-state index contributed by atoms with van der Waals surface area (Å²) in [5, 5.41) is 4.04. The molecule has 2 amide bonds. The summed E-state index contributed by atoms with van der Waals surface area (Å²) in [4.78, 5) is 24.0. The molecule has 8 heteroatoms. The summed E-state index contributed by atoms with van der Waals surface area (Å²) in [6, 6.07) is 40.3. The third-order valence-electron chi connectivity index (χ3n) is 7.87. The minimum absolute atomic E-state index is 0.175. The largest absolute Gasteiger partial charge is 0.484 e. The average Bonchev–Trinajstić information content (AvgIpc) is 3.38. The van der Waals surface area contributed by atoms with Crippen molar-refractivity contribution in [2.24, 2.45) is 10.9 Å². The van der Waals surface area contributed by atoms with Gasteiger partial charge in [0.05, 0.1) is 11.6 Å². The van der Waals surface area contributed by atoms with E-state index in [1.165, 1.54) is 0 Å². The molecule has 224 valence electrons. The maximum Gasteiger partial charge on any atom is 0.277 e. The van der Waals surface area contributed by atoms with Crippen molar-refractivity contribution < 1.29 is 19.1 Å². The lowest BCUT2D eigenvalue weighted by Gasteiger charge is -2.34. The van der Waals surface area contributed by atoms with E-state index in [1.54, 1.807) is 6.21 Å². The molecule has 45 heavy (non-hydrogen) atoms. The first-order chi connectivity index (χ1) is 22.0. The number of nitrogens with zero attached hydrogens (tertiary/aromatic N) is 1. The summed E-state index contributed by atoms with van der Waals surface area (Å²) in [5.41, 5.74) is 12.7. The Kier molecular flexibility index (Phi) is 8.39. The molecular weight excluding hydrogens is 564 g/mol. The highest BCUT2D eigenvalue weighted by molar-refractivity contribution is 5.86. The topological polar surface area (TPSA) is 115 Å². The van der Waals surface area contributed by atoms with Crippen LogP contribution in [-0.2, 0) is 15.0 Å². The molecule has 0 heterocycles. The molecule has 0 bridgehead atoms. The normalized spacial score (nSPS) is 12.7. The molecule has 5 aromatic rings. The van der Waals surface area contributed by atoms with Gasteiger partial charge in [-0.3, -0.25) is 15.0 Å². The molecule has 0 saturated carbocycles. The van der Waals surface area contributed by atoms with E-state index in [-0.39, 0.29) is 19.1 Å². The van der Waals surface area contributed by atoms with Gasteiger partial charge in [0.1, 0.15) is 11.5 Å². The summed E-state index contributed by atoms with van der Waals surface area (Å²) >= 11 is 0. The van der Waals surface area contributed by atoms with Crippen LogP contribution < -0.4 is 26.2 Å². The number of benzene rings is 5. The molecule has 0 fully saturated rings. The van der Waals surface area contributed by atoms with E-state index < -0.39 is 11.3 Å². The number of fused-ring (bicyclic) bond motifs is 3. The van der Waals surface area contributed by atoms with Gasteiger partial charge in [0.25, 0.3) is 11.8 Å². The van der Waals surface area contributed by atoms with Gasteiger partial charge in [-0.2, -0.15) is 5.10 Å². The Balaban J connectivity index is 1.27. The van der Waals surface area contributed by atoms with Crippen LogP contribution in [0.3, 0.4) is 0 Å². The van der Waals surface area contributed by atoms with Crippen LogP contribution in [0.4, 0.5) is 0 Å². The van der Waals surface area contributed by atoms with Crippen LogP contribution in [0, 0.1) is 6.92 Å². The standard InChI is InChI=1S/C37H32N4O4/c1-25-7-6-8-26(21-25)22-39-41-36(43)24-45-30-19-15-28(16-20-30)37(27-13-17-29(18-14-27)44-23-35(42)40-38)33-11-4-2-9-31(33)32-10-3-5-12-34(32)37/h2-22H,23-24,38H2,1H3,(H,40,42)(H,41,43). The number of amides is 2. The fraction of sp³-hybridized carbons (Fsp3) is 0.108. The van der Waals surface area contributed by atoms with E-state index >= 15 is 0 Å². The number of hydrogen-bond acceptors (Lipinski definition) is 6. The Morgan fingerprint density at radius 3 is 1.78 bits per heavy atom. The van der Waals surface area contributed by atoms with Gasteiger partial charge < -0.3 is 9.47 Å². The molecule has 0 saturated heterocycles. The molecule has 0 atom stereocenters. The second-order valence-corrected chi connectivity index (χ2v) is 10.7. The predicted octanol–water partition coefficient (Wildman–Crippen LogP) is 5.26. The van der Waals surface area contributed by atoms with Crippen molar-refractivity contribution in [1.82, 2.24) is 10.9 Å². The molecule has 1 aliphatic rings. The molecule has 0 spiro atoms. The maximum atomic E-state index is 12.4. The number of rotatable bonds is 10. The Labute approximate surface area is 261 Å². The fourth-order valence-corrected chi connectivity index (χ4v) is 5.93. The number of carbonyl (C=O) groups excluding carboxylic acids is 2. The van der Waals surface area contributed by atoms with E-state index in [4.69, 9.17) is 15.3 Å². The average molecular weight is 597 g/mol. The lowest BCUT2D eigenvalue weighted by molar-refractivity contribution is -0.123. The third-order valence-corrected chi connectivity index (χ3v) is 7.87. The van der Waals surface area contributed by atoms with Crippen LogP contribution in [0.5, 0.6) is 11.5 Å². The minimum Gasteiger partial charge on any atom is -0.484 e. The minimum atomic E-state index is -0.624. The van der Waals surface area contributed by atoms with Gasteiger partial charge in [0, 0.05) is 0 Å². The highest BCUT2D eigenvalue weighted by Crippen LogP contribution is 2.56. The van der Waals surface area contributed by atoms with Gasteiger partial charge in [-0.15, -0.1) is 0 Å². The first-order valence-electron chi connectivity index (χ1n) is 14.5. The van der Waals surface area contributed by atoms with Crippen LogP contribution in [0.25, 0.3) is 11.1 Å². The van der Waals surface area contributed by atoms with Crippen molar-refractivity contribution in [3.05, 3.63) is 155 Å². The van der Waals surface area contributed by atoms with Crippen molar-refractivity contribution in [2.75, 3.05) is 13.2 Å². The van der Waals surface area contributed by atoms with Gasteiger partial charge in [-0.25, -0.2) is 11.3 Å². The molecule has 8 nitrogen and oxygen atoms in total. The molecule has 0 radical (unpaired) electrons. The van der Waals surface area contributed by atoms with Crippen molar-refractivity contribution in [2.45, 2.75) is 12.3 Å². The summed E-state index contributed by atoms with van der Waals surface area (Å²) in [6.45, 7) is 1.65. The van der Waals surface area contributed by atoms with Gasteiger partial charge in [0.15, 0.2) is 13.2 Å². The smallest absolute Gasteiger partial charge is 0.277 e. The zero-order chi connectivity index (χ0) is 31.2. The van der Waals surface area contributed by atoms with Gasteiger partial charge >= 0.3 is 0 Å².